The van der Waals surface area contributed by atoms with Gasteiger partial charge in [-0.1, -0.05) is 36.4 Å². The third-order valence-electron chi connectivity index (χ3n) is 4.24. The van der Waals surface area contributed by atoms with Gasteiger partial charge in [-0.15, -0.1) is 0 Å². The van der Waals surface area contributed by atoms with Crippen LogP contribution in [-0.2, 0) is 15.8 Å². The summed E-state index contributed by atoms with van der Waals surface area (Å²) in [5.74, 6) is 0.126. The number of anilines is 1. The number of nitrogens with one attached hydrogen (secondary N) is 2. The average molecular weight is 436 g/mol. The van der Waals surface area contributed by atoms with E-state index in [9.17, 15) is 13.2 Å². The van der Waals surface area contributed by atoms with Crippen LogP contribution in [0.3, 0.4) is 0 Å². The van der Waals surface area contributed by atoms with Crippen LogP contribution in [-0.4, -0.2) is 27.5 Å². The van der Waals surface area contributed by atoms with Gasteiger partial charge in [-0.25, -0.2) is 8.42 Å². The van der Waals surface area contributed by atoms with Gasteiger partial charge in [-0.3, -0.25) is 9.52 Å². The fraction of sp³-hybridized carbons (Fsp3) is 0.130. The van der Waals surface area contributed by atoms with Crippen LogP contribution in [0.25, 0.3) is 0 Å². The van der Waals surface area contributed by atoms with Crippen molar-refractivity contribution in [2.75, 3.05) is 17.9 Å². The lowest BCUT2D eigenvalue weighted by atomic mass is 10.2. The SMILES string of the molecule is N#Cc1cccc(OCCNC(=O)c2ccc(NS(=O)(=O)Cc3ccccc3)cc2)c1. The first-order valence-corrected chi connectivity index (χ1v) is 11.2. The minimum Gasteiger partial charge on any atom is -0.492 e. The van der Waals surface area contributed by atoms with Crippen molar-refractivity contribution in [3.05, 3.63) is 95.6 Å². The summed E-state index contributed by atoms with van der Waals surface area (Å²) in [7, 11) is -3.56. The molecule has 0 aliphatic rings. The molecule has 8 heteroatoms. The molecule has 0 radical (unpaired) electrons. The lowest BCUT2D eigenvalue weighted by Crippen LogP contribution is -2.28. The molecule has 0 unspecified atom stereocenters. The zero-order chi connectivity index (χ0) is 22.1. The minimum absolute atomic E-state index is 0.132. The second-order valence-electron chi connectivity index (χ2n) is 6.67. The Bertz CT molecular complexity index is 1170. The number of nitrogens with zero attached hydrogens (tertiary/aromatic N) is 1. The number of amides is 1. The van der Waals surface area contributed by atoms with Gasteiger partial charge in [-0.2, -0.15) is 5.26 Å². The molecule has 0 aromatic heterocycles. The van der Waals surface area contributed by atoms with E-state index in [1.54, 1.807) is 72.8 Å². The molecule has 0 fully saturated rings. The number of hydrogen-bond acceptors (Lipinski definition) is 5. The maximum Gasteiger partial charge on any atom is 0.251 e. The Kier molecular flexibility index (Phi) is 7.25. The van der Waals surface area contributed by atoms with Crippen LogP contribution in [0.1, 0.15) is 21.5 Å². The molecular weight excluding hydrogens is 414 g/mol. The van der Waals surface area contributed by atoms with E-state index in [0.29, 0.717) is 28.1 Å². The highest BCUT2D eigenvalue weighted by molar-refractivity contribution is 7.91. The Morgan fingerprint density at radius 2 is 1.71 bits per heavy atom. The second kappa shape index (κ2) is 10.3. The number of rotatable bonds is 9. The first kappa shape index (κ1) is 21.9. The fourth-order valence-corrected chi connectivity index (χ4v) is 3.99. The molecule has 0 aliphatic carbocycles. The highest BCUT2D eigenvalue weighted by Crippen LogP contribution is 2.15. The highest BCUT2D eigenvalue weighted by Gasteiger charge is 2.12. The number of hydrogen-bond donors (Lipinski definition) is 2. The molecule has 0 saturated heterocycles. The van der Waals surface area contributed by atoms with Crippen molar-refractivity contribution in [1.29, 1.82) is 5.26 Å². The third-order valence-corrected chi connectivity index (χ3v) is 5.50. The summed E-state index contributed by atoms with van der Waals surface area (Å²) in [6.07, 6.45) is 0. The maximum absolute atomic E-state index is 12.3. The van der Waals surface area contributed by atoms with E-state index in [4.69, 9.17) is 10.00 Å². The van der Waals surface area contributed by atoms with Crippen molar-refractivity contribution < 1.29 is 17.9 Å². The summed E-state index contributed by atoms with van der Waals surface area (Å²) in [6, 6.07) is 23.9. The molecule has 2 N–H and O–H groups in total. The molecule has 0 aliphatic heterocycles. The van der Waals surface area contributed by atoms with Gasteiger partial charge < -0.3 is 10.1 Å². The number of carbonyl (C=O) groups is 1. The van der Waals surface area contributed by atoms with Crippen molar-refractivity contribution in [3.8, 4) is 11.8 Å². The predicted octanol–water partition coefficient (Wildman–Crippen LogP) is 3.31. The molecule has 3 aromatic rings. The summed E-state index contributed by atoms with van der Waals surface area (Å²) in [5.41, 5.74) is 1.97. The zero-order valence-electron chi connectivity index (χ0n) is 16.6. The molecule has 7 nitrogen and oxygen atoms in total. The van der Waals surface area contributed by atoms with Gasteiger partial charge in [0.15, 0.2) is 0 Å². The van der Waals surface area contributed by atoms with Gasteiger partial charge in [0.1, 0.15) is 12.4 Å². The molecule has 0 saturated carbocycles. The smallest absolute Gasteiger partial charge is 0.251 e. The minimum atomic E-state index is -3.56. The van der Waals surface area contributed by atoms with Crippen molar-refractivity contribution in [1.82, 2.24) is 5.32 Å². The van der Waals surface area contributed by atoms with E-state index in [2.05, 4.69) is 10.0 Å². The summed E-state index contributed by atoms with van der Waals surface area (Å²) in [4.78, 5) is 12.2. The van der Waals surface area contributed by atoms with Crippen LogP contribution in [0, 0.1) is 11.3 Å². The Labute approximate surface area is 181 Å². The van der Waals surface area contributed by atoms with E-state index >= 15 is 0 Å². The Morgan fingerprint density at radius 3 is 2.42 bits per heavy atom. The molecule has 3 rings (SSSR count). The van der Waals surface area contributed by atoms with Gasteiger partial charge in [0, 0.05) is 11.3 Å². The first-order valence-electron chi connectivity index (χ1n) is 9.51. The summed E-state index contributed by atoms with van der Waals surface area (Å²) in [6.45, 7) is 0.527. The van der Waals surface area contributed by atoms with E-state index in [-0.39, 0.29) is 24.8 Å². The summed E-state index contributed by atoms with van der Waals surface area (Å²) in [5, 5.41) is 11.6. The number of ether oxygens (including phenoxy) is 1. The molecule has 3 aromatic carbocycles. The van der Waals surface area contributed by atoms with E-state index < -0.39 is 10.0 Å². The quantitative estimate of drug-likeness (QED) is 0.501. The largest absolute Gasteiger partial charge is 0.492 e. The molecular formula is C23H21N3O4S. The normalized spacial score (nSPS) is 10.7. The zero-order valence-corrected chi connectivity index (χ0v) is 17.4. The highest BCUT2D eigenvalue weighted by atomic mass is 32.2. The standard InChI is InChI=1S/C23H21N3O4S/c24-16-19-7-4-8-22(15-19)30-14-13-25-23(27)20-9-11-21(12-10-20)26-31(28,29)17-18-5-2-1-3-6-18/h1-12,15,26H,13-14,17H2,(H,25,27). The van der Waals surface area contributed by atoms with Gasteiger partial charge >= 0.3 is 0 Å². The molecule has 0 bridgehead atoms. The Hall–Kier alpha value is -3.83. The van der Waals surface area contributed by atoms with Crippen molar-refractivity contribution >= 4 is 21.6 Å². The summed E-state index contributed by atoms with van der Waals surface area (Å²) < 4.78 is 32.6. The van der Waals surface area contributed by atoms with E-state index in [1.165, 1.54) is 0 Å². The predicted molar refractivity (Wildman–Crippen MR) is 118 cm³/mol. The van der Waals surface area contributed by atoms with Crippen LogP contribution in [0.15, 0.2) is 78.9 Å². The molecule has 31 heavy (non-hydrogen) atoms. The van der Waals surface area contributed by atoms with Gasteiger partial charge in [-0.05, 0) is 48.0 Å². The lowest BCUT2D eigenvalue weighted by molar-refractivity contribution is 0.0947. The van der Waals surface area contributed by atoms with Crippen LogP contribution in [0.4, 0.5) is 5.69 Å². The number of carbonyl (C=O) groups excluding carboxylic acids is 1. The lowest BCUT2D eigenvalue weighted by Gasteiger charge is -2.10. The van der Waals surface area contributed by atoms with Gasteiger partial charge in [0.05, 0.1) is 23.9 Å². The van der Waals surface area contributed by atoms with Crippen LogP contribution < -0.4 is 14.8 Å². The van der Waals surface area contributed by atoms with Gasteiger partial charge in [0.25, 0.3) is 5.91 Å². The van der Waals surface area contributed by atoms with Crippen LogP contribution >= 0.6 is 0 Å². The number of nitriles is 1. The van der Waals surface area contributed by atoms with Crippen molar-refractivity contribution in [2.45, 2.75) is 5.75 Å². The molecule has 158 valence electrons. The van der Waals surface area contributed by atoms with E-state index in [1.807, 2.05) is 12.1 Å². The van der Waals surface area contributed by atoms with E-state index in [0.717, 1.165) is 0 Å². The molecule has 0 spiro atoms. The number of benzene rings is 3. The molecule has 0 atom stereocenters. The third kappa shape index (κ3) is 6.87. The monoisotopic (exact) mass is 435 g/mol. The maximum atomic E-state index is 12.3. The topological polar surface area (TPSA) is 108 Å². The Balaban J connectivity index is 1.47. The first-order chi connectivity index (χ1) is 14.9. The van der Waals surface area contributed by atoms with Gasteiger partial charge in [0.2, 0.25) is 10.0 Å². The second-order valence-corrected chi connectivity index (χ2v) is 8.39. The number of sulfonamides is 1. The summed E-state index contributed by atoms with van der Waals surface area (Å²) >= 11 is 0. The van der Waals surface area contributed by atoms with Crippen molar-refractivity contribution in [2.24, 2.45) is 0 Å². The van der Waals surface area contributed by atoms with Crippen molar-refractivity contribution in [3.63, 3.8) is 0 Å². The van der Waals surface area contributed by atoms with Crippen LogP contribution in [0.2, 0.25) is 0 Å². The molecule has 1 amide bonds. The van der Waals surface area contributed by atoms with Crippen LogP contribution in [0.5, 0.6) is 5.75 Å². The fourth-order valence-electron chi connectivity index (χ4n) is 2.79. The molecule has 0 heterocycles. The Morgan fingerprint density at radius 1 is 0.968 bits per heavy atom. The average Bonchev–Trinajstić information content (AvgIpc) is 2.77.